The van der Waals surface area contributed by atoms with Crippen molar-refractivity contribution in [3.05, 3.63) is 106 Å². The van der Waals surface area contributed by atoms with E-state index in [1.54, 1.807) is 4.90 Å². The molecule has 3 atom stereocenters. The van der Waals surface area contributed by atoms with Crippen molar-refractivity contribution in [2.75, 3.05) is 0 Å². The van der Waals surface area contributed by atoms with Gasteiger partial charge >= 0.3 is 12.2 Å². The number of hydrogen-bond acceptors (Lipinski definition) is 4. The number of amides is 2. The molecule has 0 radical (unpaired) electrons. The lowest BCUT2D eigenvalue weighted by Gasteiger charge is -2.47. The highest BCUT2D eigenvalue weighted by atomic mass is 79.9. The molecule has 0 aliphatic carbocycles. The molecule has 0 saturated carbocycles. The molecule has 9 heteroatoms. The third kappa shape index (κ3) is 11.3. The molecule has 0 unspecified atom stereocenters. The van der Waals surface area contributed by atoms with Crippen molar-refractivity contribution in [3.8, 4) is 0 Å². The van der Waals surface area contributed by atoms with Crippen LogP contribution in [-0.4, -0.2) is 54.2 Å². The van der Waals surface area contributed by atoms with Gasteiger partial charge in [-0.2, -0.15) is 0 Å². The Morgan fingerprint density at radius 1 is 0.826 bits per heavy atom. The fourth-order valence-electron chi connectivity index (χ4n) is 5.32. The maximum atomic E-state index is 13.3. The molecule has 0 spiro atoms. The van der Waals surface area contributed by atoms with E-state index < -0.39 is 44.2 Å². The Morgan fingerprint density at radius 2 is 1.35 bits per heavy atom. The van der Waals surface area contributed by atoms with Gasteiger partial charge in [-0.15, -0.1) is 0 Å². The van der Waals surface area contributed by atoms with Crippen LogP contribution in [0.2, 0.25) is 18.1 Å². The normalized spacial score (nSPS) is 14.2. The summed E-state index contributed by atoms with van der Waals surface area (Å²) in [6.07, 6.45) is -0.676. The van der Waals surface area contributed by atoms with Crippen LogP contribution >= 0.6 is 15.9 Å². The summed E-state index contributed by atoms with van der Waals surface area (Å²) in [6.45, 7) is 16.8. The fraction of sp³-hybridized carbons (Fsp3) is 0.459. The topological polar surface area (TPSA) is 88.1 Å². The molecular formula is C37H51BrN2O5Si. The molecule has 0 heterocycles. The molecule has 0 saturated heterocycles. The summed E-state index contributed by atoms with van der Waals surface area (Å²) >= 11 is 3.52. The number of nitrogens with zero attached hydrogens (tertiary/aromatic N) is 1. The predicted molar refractivity (Wildman–Crippen MR) is 192 cm³/mol. The highest BCUT2D eigenvalue weighted by molar-refractivity contribution is 9.10. The van der Waals surface area contributed by atoms with Gasteiger partial charge in [-0.05, 0) is 87.0 Å². The number of carbonyl (C=O) groups excluding carboxylic acids is 1. The lowest BCUT2D eigenvalue weighted by molar-refractivity contribution is 0.00542. The summed E-state index contributed by atoms with van der Waals surface area (Å²) in [6, 6.07) is 26.6. The molecule has 0 aliphatic heterocycles. The average Bonchev–Trinajstić information content (AvgIpc) is 2.96. The first-order valence-electron chi connectivity index (χ1n) is 15.9. The number of hydrogen-bond donors (Lipinski definition) is 2. The number of benzene rings is 3. The Kier molecular flexibility index (Phi) is 13.1. The van der Waals surface area contributed by atoms with Crippen molar-refractivity contribution in [2.45, 2.75) is 109 Å². The van der Waals surface area contributed by atoms with Gasteiger partial charge in [-0.3, -0.25) is 4.90 Å². The first-order chi connectivity index (χ1) is 21.5. The Morgan fingerprint density at radius 3 is 1.85 bits per heavy atom. The van der Waals surface area contributed by atoms with Crippen LogP contribution in [0.3, 0.4) is 0 Å². The number of nitrogens with one attached hydrogen (secondary N) is 1. The molecule has 46 heavy (non-hydrogen) atoms. The van der Waals surface area contributed by atoms with Crippen LogP contribution in [0.25, 0.3) is 0 Å². The van der Waals surface area contributed by atoms with Gasteiger partial charge in [0.15, 0.2) is 8.32 Å². The van der Waals surface area contributed by atoms with Crippen molar-refractivity contribution < 1.29 is 23.9 Å². The largest absolute Gasteiger partial charge is 0.465 e. The minimum Gasteiger partial charge on any atom is -0.465 e. The molecule has 3 aromatic rings. The van der Waals surface area contributed by atoms with Gasteiger partial charge in [0.2, 0.25) is 0 Å². The van der Waals surface area contributed by atoms with Crippen LogP contribution in [0.1, 0.15) is 64.7 Å². The van der Waals surface area contributed by atoms with Crippen molar-refractivity contribution in [3.63, 3.8) is 0 Å². The van der Waals surface area contributed by atoms with Crippen LogP contribution < -0.4 is 5.32 Å². The second-order valence-electron chi connectivity index (χ2n) is 14.5. The second-order valence-corrected chi connectivity index (χ2v) is 20.1. The van der Waals surface area contributed by atoms with E-state index in [-0.39, 0.29) is 11.6 Å². The highest BCUT2D eigenvalue weighted by Crippen LogP contribution is 2.39. The van der Waals surface area contributed by atoms with E-state index in [1.807, 2.05) is 106 Å². The first-order valence-corrected chi connectivity index (χ1v) is 19.6. The van der Waals surface area contributed by atoms with E-state index in [0.717, 1.165) is 21.2 Å². The maximum absolute atomic E-state index is 13.3. The molecule has 7 nitrogen and oxygen atoms in total. The molecule has 3 aromatic carbocycles. The summed E-state index contributed by atoms with van der Waals surface area (Å²) in [5, 5.41) is 13.7. The van der Waals surface area contributed by atoms with Crippen molar-refractivity contribution in [1.82, 2.24) is 10.2 Å². The van der Waals surface area contributed by atoms with E-state index in [4.69, 9.17) is 9.16 Å². The van der Waals surface area contributed by atoms with Gasteiger partial charge in [0.05, 0.1) is 12.1 Å². The standard InChI is InChI=1S/C37H51BrN2O5Si/c1-36(2,3)40(35(42)43)32(24-27-15-11-9-12-16-27)33(45-46(7,8)37(4,5)6)25-31(23-28-19-21-30(38)22-20-28)39-34(41)44-26-29-17-13-10-14-18-29/h9-22,31-33H,23-26H2,1-8H3,(H,39,41)(H,42,43)/t31-,32+,33+/m1/s1. The monoisotopic (exact) mass is 710 g/mol. The van der Waals surface area contributed by atoms with Crippen LogP contribution in [0.5, 0.6) is 0 Å². The first kappa shape index (κ1) is 37.3. The summed E-state index contributed by atoms with van der Waals surface area (Å²) in [5.74, 6) is 0. The van der Waals surface area contributed by atoms with Crippen LogP contribution in [0.4, 0.5) is 9.59 Å². The van der Waals surface area contributed by atoms with Gasteiger partial charge in [-0.25, -0.2) is 9.59 Å². The lowest BCUT2D eigenvalue weighted by atomic mass is 9.90. The van der Waals surface area contributed by atoms with Crippen LogP contribution in [-0.2, 0) is 28.6 Å². The Hall–Kier alpha value is -3.14. The Balaban J connectivity index is 2.06. The summed E-state index contributed by atoms with van der Waals surface area (Å²) in [4.78, 5) is 27.9. The van der Waals surface area contributed by atoms with E-state index in [0.29, 0.717) is 19.3 Å². The third-order valence-corrected chi connectivity index (χ3v) is 13.7. The molecule has 0 bridgehead atoms. The molecule has 0 aliphatic rings. The smallest absolute Gasteiger partial charge is 0.408 e. The number of alkyl carbamates (subject to hydrolysis) is 1. The van der Waals surface area contributed by atoms with E-state index in [1.165, 1.54) is 0 Å². The van der Waals surface area contributed by atoms with Gasteiger partial charge in [0.25, 0.3) is 0 Å². The predicted octanol–water partition coefficient (Wildman–Crippen LogP) is 9.46. The van der Waals surface area contributed by atoms with E-state index in [9.17, 15) is 14.7 Å². The fourth-order valence-corrected chi connectivity index (χ4v) is 6.95. The SMILES string of the molecule is CC(C)(C)N(C(=O)O)[C@@H](Cc1ccccc1)[C@H](C[C@@H](Cc1ccc(Br)cc1)NC(=O)OCc1ccccc1)O[Si](C)(C)C(C)(C)C. The molecule has 0 aromatic heterocycles. The molecule has 2 amide bonds. The van der Waals surface area contributed by atoms with Gasteiger partial charge in [0, 0.05) is 16.1 Å². The number of carboxylic acid groups (broad SMARTS) is 1. The Labute approximate surface area is 285 Å². The molecule has 250 valence electrons. The van der Waals surface area contributed by atoms with Crippen LogP contribution in [0.15, 0.2) is 89.4 Å². The van der Waals surface area contributed by atoms with Crippen molar-refractivity contribution in [2.24, 2.45) is 0 Å². The maximum Gasteiger partial charge on any atom is 0.408 e. The number of carbonyl (C=O) groups is 2. The van der Waals surface area contributed by atoms with E-state index in [2.05, 4.69) is 55.1 Å². The minimum absolute atomic E-state index is 0.123. The minimum atomic E-state index is -2.42. The molecule has 2 N–H and O–H groups in total. The van der Waals surface area contributed by atoms with E-state index >= 15 is 0 Å². The average molecular weight is 712 g/mol. The Bertz CT molecular complexity index is 1390. The number of ether oxygens (including phenoxy) is 1. The van der Waals surface area contributed by atoms with Gasteiger partial charge in [0.1, 0.15) is 6.61 Å². The number of rotatable bonds is 13. The summed E-state index contributed by atoms with van der Waals surface area (Å²) in [5.41, 5.74) is 2.25. The highest BCUT2D eigenvalue weighted by Gasteiger charge is 2.45. The summed E-state index contributed by atoms with van der Waals surface area (Å²) in [7, 11) is -2.42. The number of halogens is 1. The van der Waals surface area contributed by atoms with Crippen molar-refractivity contribution >= 4 is 36.4 Å². The zero-order chi connectivity index (χ0) is 34.1. The quantitative estimate of drug-likeness (QED) is 0.173. The third-order valence-electron chi connectivity index (χ3n) is 8.68. The van der Waals surface area contributed by atoms with Crippen LogP contribution in [0, 0.1) is 0 Å². The summed E-state index contributed by atoms with van der Waals surface area (Å²) < 4.78 is 13.8. The molecule has 3 rings (SSSR count). The zero-order valence-electron chi connectivity index (χ0n) is 28.5. The molecule has 0 fully saturated rings. The second kappa shape index (κ2) is 16.1. The zero-order valence-corrected chi connectivity index (χ0v) is 31.1. The molecular weight excluding hydrogens is 660 g/mol. The van der Waals surface area contributed by atoms with Gasteiger partial charge < -0.3 is 19.6 Å². The van der Waals surface area contributed by atoms with Gasteiger partial charge in [-0.1, -0.05) is 109 Å². The lowest BCUT2D eigenvalue weighted by Crippen LogP contribution is -2.60. The van der Waals surface area contributed by atoms with Crippen molar-refractivity contribution in [1.29, 1.82) is 0 Å².